The van der Waals surface area contributed by atoms with Crippen molar-refractivity contribution in [2.75, 3.05) is 38.5 Å². The summed E-state index contributed by atoms with van der Waals surface area (Å²) in [6, 6.07) is 13.9. The van der Waals surface area contributed by atoms with Gasteiger partial charge in [-0.25, -0.2) is 4.98 Å². The Balaban J connectivity index is 1.33. The van der Waals surface area contributed by atoms with Crippen molar-refractivity contribution in [2.24, 2.45) is 5.92 Å². The van der Waals surface area contributed by atoms with Crippen molar-refractivity contribution in [2.45, 2.75) is 38.3 Å². The maximum absolute atomic E-state index is 12.8. The van der Waals surface area contributed by atoms with Crippen LogP contribution in [0, 0.1) is 5.92 Å². The van der Waals surface area contributed by atoms with Gasteiger partial charge >= 0.3 is 0 Å². The summed E-state index contributed by atoms with van der Waals surface area (Å²) in [7, 11) is 7.22. The fourth-order valence-corrected chi connectivity index (χ4v) is 4.47. The maximum Gasteiger partial charge on any atom is 0.225 e. The molecular weight excluding hydrogens is 430 g/mol. The molecule has 2 aromatic carbocycles. The molecular formula is C26H33N5O3. The van der Waals surface area contributed by atoms with Gasteiger partial charge in [0.05, 0.1) is 19.7 Å². The number of aromatic nitrogens is 2. The lowest BCUT2D eigenvalue weighted by Gasteiger charge is -2.29. The van der Waals surface area contributed by atoms with Crippen molar-refractivity contribution in [1.29, 1.82) is 0 Å². The standard InChI is InChI=1S/C26H33N5O3/c1-31(2)24-21-7-5-6-8-22(21)29-26(30-24)28-19-12-9-17(10-13-19)25(32)27-16-18-11-14-20(33-3)15-23(18)34-4/h5-8,11,14-15,17,19H,9-10,12-13,16H2,1-4H3,(H,27,32)(H,28,29,30). The highest BCUT2D eigenvalue weighted by Gasteiger charge is 2.27. The van der Waals surface area contributed by atoms with E-state index in [1.807, 2.05) is 61.5 Å². The van der Waals surface area contributed by atoms with Crippen LogP contribution in [0.15, 0.2) is 42.5 Å². The molecule has 1 amide bonds. The number of para-hydroxylation sites is 1. The highest BCUT2D eigenvalue weighted by atomic mass is 16.5. The minimum Gasteiger partial charge on any atom is -0.497 e. The second-order valence-corrected chi connectivity index (χ2v) is 8.87. The highest BCUT2D eigenvalue weighted by Crippen LogP contribution is 2.29. The van der Waals surface area contributed by atoms with Crippen LogP contribution in [0.5, 0.6) is 11.5 Å². The predicted molar refractivity (Wildman–Crippen MR) is 135 cm³/mol. The Kier molecular flexibility index (Phi) is 7.35. The van der Waals surface area contributed by atoms with Gasteiger partial charge < -0.3 is 25.0 Å². The summed E-state index contributed by atoms with van der Waals surface area (Å²) in [5, 5.41) is 7.61. The number of amides is 1. The molecule has 1 saturated carbocycles. The molecule has 0 bridgehead atoms. The SMILES string of the molecule is COc1ccc(CNC(=O)C2CCC(Nc3nc(N(C)C)c4ccccc4n3)CC2)c(OC)c1. The van der Waals surface area contributed by atoms with Gasteiger partial charge in [-0.15, -0.1) is 0 Å². The molecule has 3 aromatic rings. The Bertz CT molecular complexity index is 1140. The molecule has 8 heteroatoms. The lowest BCUT2D eigenvalue weighted by atomic mass is 9.85. The average molecular weight is 464 g/mol. The van der Waals surface area contributed by atoms with E-state index in [1.54, 1.807) is 14.2 Å². The first-order chi connectivity index (χ1) is 16.5. The summed E-state index contributed by atoms with van der Waals surface area (Å²) < 4.78 is 10.7. The lowest BCUT2D eigenvalue weighted by Crippen LogP contribution is -2.36. The van der Waals surface area contributed by atoms with Crippen LogP contribution in [-0.2, 0) is 11.3 Å². The molecule has 1 heterocycles. The molecule has 0 spiro atoms. The Morgan fingerprint density at radius 1 is 1.03 bits per heavy atom. The number of nitrogens with zero attached hydrogens (tertiary/aromatic N) is 3. The van der Waals surface area contributed by atoms with Crippen LogP contribution < -0.4 is 25.0 Å². The number of hydrogen-bond acceptors (Lipinski definition) is 7. The molecule has 1 aliphatic rings. The average Bonchev–Trinajstić information content (AvgIpc) is 2.87. The first kappa shape index (κ1) is 23.6. The third-order valence-electron chi connectivity index (χ3n) is 6.39. The van der Waals surface area contributed by atoms with Crippen molar-refractivity contribution < 1.29 is 14.3 Å². The van der Waals surface area contributed by atoms with Crippen molar-refractivity contribution in [3.8, 4) is 11.5 Å². The zero-order chi connectivity index (χ0) is 24.1. The van der Waals surface area contributed by atoms with Crippen LogP contribution in [0.25, 0.3) is 10.9 Å². The van der Waals surface area contributed by atoms with Crippen LogP contribution in [0.4, 0.5) is 11.8 Å². The molecule has 0 aliphatic heterocycles. The molecule has 0 saturated heterocycles. The molecule has 1 fully saturated rings. The van der Waals surface area contributed by atoms with Gasteiger partial charge in [-0.1, -0.05) is 12.1 Å². The summed E-state index contributed by atoms with van der Waals surface area (Å²) in [4.78, 5) is 24.3. The van der Waals surface area contributed by atoms with E-state index in [-0.39, 0.29) is 17.9 Å². The number of anilines is 2. The van der Waals surface area contributed by atoms with Crippen LogP contribution in [0.2, 0.25) is 0 Å². The van der Waals surface area contributed by atoms with Gasteiger partial charge in [0.1, 0.15) is 17.3 Å². The van der Waals surface area contributed by atoms with Crippen LogP contribution in [0.1, 0.15) is 31.2 Å². The molecule has 0 atom stereocenters. The Morgan fingerprint density at radius 2 is 1.79 bits per heavy atom. The molecule has 34 heavy (non-hydrogen) atoms. The third-order valence-corrected chi connectivity index (χ3v) is 6.39. The zero-order valence-electron chi connectivity index (χ0n) is 20.3. The highest BCUT2D eigenvalue weighted by molar-refractivity contribution is 5.90. The number of hydrogen-bond donors (Lipinski definition) is 2. The predicted octanol–water partition coefficient (Wildman–Crippen LogP) is 4.00. The smallest absolute Gasteiger partial charge is 0.225 e. The number of carbonyl (C=O) groups is 1. The van der Waals surface area contributed by atoms with Gasteiger partial charge in [0.25, 0.3) is 0 Å². The fraction of sp³-hybridized carbons (Fsp3) is 0.423. The quantitative estimate of drug-likeness (QED) is 0.522. The van der Waals surface area contributed by atoms with Crippen molar-refractivity contribution >= 4 is 28.6 Å². The van der Waals surface area contributed by atoms with Crippen molar-refractivity contribution in [1.82, 2.24) is 15.3 Å². The van der Waals surface area contributed by atoms with E-state index in [2.05, 4.69) is 10.6 Å². The minimum absolute atomic E-state index is 0.0113. The monoisotopic (exact) mass is 463 g/mol. The second kappa shape index (κ2) is 10.6. The Labute approximate surface area is 200 Å². The molecule has 1 aromatic heterocycles. The number of ether oxygens (including phenoxy) is 2. The number of methoxy groups -OCH3 is 2. The summed E-state index contributed by atoms with van der Waals surface area (Å²) in [5.41, 5.74) is 1.85. The topological polar surface area (TPSA) is 88.6 Å². The molecule has 4 rings (SSSR count). The summed E-state index contributed by atoms with van der Waals surface area (Å²) in [6.07, 6.45) is 3.46. The van der Waals surface area contributed by atoms with E-state index in [0.717, 1.165) is 53.7 Å². The fourth-order valence-electron chi connectivity index (χ4n) is 4.47. The van der Waals surface area contributed by atoms with E-state index in [0.29, 0.717) is 18.2 Å². The van der Waals surface area contributed by atoms with Gasteiger partial charge in [0.2, 0.25) is 11.9 Å². The summed E-state index contributed by atoms with van der Waals surface area (Å²) >= 11 is 0. The zero-order valence-corrected chi connectivity index (χ0v) is 20.3. The largest absolute Gasteiger partial charge is 0.497 e. The number of rotatable bonds is 8. The van der Waals surface area contributed by atoms with Crippen LogP contribution in [-0.4, -0.2) is 50.2 Å². The molecule has 1 aliphatic carbocycles. The molecule has 180 valence electrons. The van der Waals surface area contributed by atoms with E-state index in [9.17, 15) is 4.79 Å². The van der Waals surface area contributed by atoms with Gasteiger partial charge in [-0.05, 0) is 49.9 Å². The van der Waals surface area contributed by atoms with E-state index in [1.165, 1.54) is 0 Å². The number of benzene rings is 2. The number of fused-ring (bicyclic) bond motifs is 1. The third kappa shape index (κ3) is 5.32. The van der Waals surface area contributed by atoms with E-state index >= 15 is 0 Å². The van der Waals surface area contributed by atoms with Crippen molar-refractivity contribution in [3.63, 3.8) is 0 Å². The molecule has 8 nitrogen and oxygen atoms in total. The van der Waals surface area contributed by atoms with Crippen LogP contribution >= 0.6 is 0 Å². The Hall–Kier alpha value is -3.55. The van der Waals surface area contributed by atoms with Gasteiger partial charge in [0.15, 0.2) is 0 Å². The number of carbonyl (C=O) groups excluding carboxylic acids is 1. The molecule has 0 radical (unpaired) electrons. The maximum atomic E-state index is 12.8. The summed E-state index contributed by atoms with van der Waals surface area (Å²) in [5.74, 6) is 3.08. The molecule has 2 N–H and O–H groups in total. The number of nitrogens with one attached hydrogen (secondary N) is 2. The first-order valence-corrected chi connectivity index (χ1v) is 11.7. The van der Waals surface area contributed by atoms with Crippen molar-refractivity contribution in [3.05, 3.63) is 48.0 Å². The van der Waals surface area contributed by atoms with Gasteiger partial charge in [0, 0.05) is 49.6 Å². The van der Waals surface area contributed by atoms with E-state index in [4.69, 9.17) is 19.4 Å². The van der Waals surface area contributed by atoms with Crippen LogP contribution in [0.3, 0.4) is 0 Å². The Morgan fingerprint density at radius 3 is 2.50 bits per heavy atom. The van der Waals surface area contributed by atoms with Gasteiger partial charge in [-0.3, -0.25) is 4.79 Å². The normalized spacial score (nSPS) is 17.8. The lowest BCUT2D eigenvalue weighted by molar-refractivity contribution is -0.126. The second-order valence-electron chi connectivity index (χ2n) is 8.87. The van der Waals surface area contributed by atoms with E-state index < -0.39 is 0 Å². The van der Waals surface area contributed by atoms with Gasteiger partial charge in [-0.2, -0.15) is 4.98 Å². The molecule has 0 unspecified atom stereocenters. The first-order valence-electron chi connectivity index (χ1n) is 11.7. The summed E-state index contributed by atoms with van der Waals surface area (Å²) in [6.45, 7) is 0.433. The minimum atomic E-state index is 0.0113.